The van der Waals surface area contributed by atoms with Gasteiger partial charge in [0, 0.05) is 46.6 Å². The Morgan fingerprint density at radius 2 is 1.57 bits per heavy atom. The Morgan fingerprint density at radius 3 is 2.26 bits per heavy atom. The number of allylic oxidation sites excluding steroid dienone is 19. The molecule has 0 saturated heterocycles. The highest BCUT2D eigenvalue weighted by molar-refractivity contribution is 6.21. The number of aromatic nitrogens is 2. The van der Waals surface area contributed by atoms with Gasteiger partial charge in [0.05, 0.1) is 28.8 Å². The molecule has 272 valence electrons. The van der Waals surface area contributed by atoms with Crippen molar-refractivity contribution in [3.8, 4) is 0 Å². The smallest absolute Gasteiger partial charge is 0.0785 e. The Labute approximate surface area is 318 Å². The Balaban J connectivity index is 0.000000754. The van der Waals surface area contributed by atoms with E-state index in [-0.39, 0.29) is 0 Å². The van der Waals surface area contributed by atoms with Crippen LogP contribution in [0.15, 0.2) is 188 Å². The van der Waals surface area contributed by atoms with Gasteiger partial charge in [0.15, 0.2) is 0 Å². The lowest BCUT2D eigenvalue weighted by atomic mass is 10.1. The molecule has 1 aliphatic rings. The third-order valence-corrected chi connectivity index (χ3v) is 8.60. The van der Waals surface area contributed by atoms with Crippen molar-refractivity contribution in [2.75, 3.05) is 6.54 Å². The van der Waals surface area contributed by atoms with Crippen molar-refractivity contribution in [3.05, 3.63) is 194 Å². The lowest BCUT2D eigenvalue weighted by Gasteiger charge is -2.13. The van der Waals surface area contributed by atoms with E-state index in [1.54, 1.807) is 12.2 Å². The molecule has 0 saturated carbocycles. The summed E-state index contributed by atoms with van der Waals surface area (Å²) < 4.78 is 4.73. The Morgan fingerprint density at radius 1 is 0.830 bits per heavy atom. The first kappa shape index (κ1) is 41.5. The van der Waals surface area contributed by atoms with Crippen LogP contribution in [0.1, 0.15) is 52.3 Å². The fourth-order valence-corrected chi connectivity index (χ4v) is 6.19. The highest BCUT2D eigenvalue weighted by Crippen LogP contribution is 2.40. The first-order valence-corrected chi connectivity index (χ1v) is 18.6. The van der Waals surface area contributed by atoms with Gasteiger partial charge < -0.3 is 9.13 Å². The van der Waals surface area contributed by atoms with E-state index in [2.05, 4.69) is 141 Å². The normalized spacial score (nSPS) is 13.8. The molecular formula is C50H57N3. The number of hydrogen-bond acceptors (Lipinski definition) is 1. The van der Waals surface area contributed by atoms with Gasteiger partial charge in [0.1, 0.15) is 0 Å². The van der Waals surface area contributed by atoms with Crippen LogP contribution in [0.2, 0.25) is 0 Å². The number of para-hydroxylation sites is 1. The molecule has 0 aliphatic heterocycles. The van der Waals surface area contributed by atoms with Crippen LogP contribution < -0.4 is 0 Å². The molecule has 0 unspecified atom stereocenters. The Bertz CT molecular complexity index is 2220. The largest absolute Gasteiger partial charge is 0.345 e. The van der Waals surface area contributed by atoms with Crippen LogP contribution in [-0.4, -0.2) is 21.4 Å². The van der Waals surface area contributed by atoms with Crippen molar-refractivity contribution in [1.82, 2.24) is 9.13 Å². The fraction of sp³-hybridized carbons (Fsp3) is 0.180. The molecule has 0 atom stereocenters. The van der Waals surface area contributed by atoms with Crippen molar-refractivity contribution in [2.45, 2.75) is 47.5 Å². The molecule has 3 nitrogen and oxygen atoms in total. The Kier molecular flexibility index (Phi) is 17.3. The predicted octanol–water partition coefficient (Wildman–Crippen LogP) is 14.0. The van der Waals surface area contributed by atoms with Crippen molar-refractivity contribution in [2.24, 2.45) is 12.0 Å². The number of fused-ring (bicyclic) bond motifs is 7. The molecule has 0 fully saturated rings. The number of rotatable bonds is 13. The zero-order valence-electron chi connectivity index (χ0n) is 32.7. The highest BCUT2D eigenvalue weighted by atomic mass is 15.0. The topological polar surface area (TPSA) is 22.2 Å². The first-order valence-electron chi connectivity index (χ1n) is 18.6. The number of aryl methyl sites for hydroxylation is 1. The second-order valence-electron chi connectivity index (χ2n) is 12.0. The third kappa shape index (κ3) is 10.3. The molecule has 0 N–H and O–H groups in total. The minimum Gasteiger partial charge on any atom is -0.345 e. The highest BCUT2D eigenvalue weighted by Gasteiger charge is 2.21. The molecule has 2 heterocycles. The summed E-state index contributed by atoms with van der Waals surface area (Å²) in [5, 5.41) is 3.69. The molecule has 2 aromatic carbocycles. The molecular weight excluding hydrogens is 643 g/mol. The van der Waals surface area contributed by atoms with E-state index in [0.29, 0.717) is 6.54 Å². The molecule has 53 heavy (non-hydrogen) atoms. The summed E-state index contributed by atoms with van der Waals surface area (Å²) in [5.41, 5.74) is 10.1. The molecule has 1 aliphatic carbocycles. The van der Waals surface area contributed by atoms with Crippen LogP contribution in [0.4, 0.5) is 0 Å². The number of benzene rings is 2. The average Bonchev–Trinajstić information content (AvgIpc) is 3.51. The second-order valence-corrected chi connectivity index (χ2v) is 12.0. The summed E-state index contributed by atoms with van der Waals surface area (Å²) in [5.74, 6) is 0. The van der Waals surface area contributed by atoms with E-state index in [1.807, 2.05) is 75.5 Å². The van der Waals surface area contributed by atoms with Crippen molar-refractivity contribution in [3.63, 3.8) is 0 Å². The summed E-state index contributed by atoms with van der Waals surface area (Å²) in [7, 11) is 2.19. The lowest BCUT2D eigenvalue weighted by Crippen LogP contribution is -2.04. The summed E-state index contributed by atoms with van der Waals surface area (Å²) in [6.45, 7) is 26.3. The summed E-state index contributed by atoms with van der Waals surface area (Å²) in [6, 6.07) is 13.2. The van der Waals surface area contributed by atoms with Crippen LogP contribution in [-0.2, 0) is 13.5 Å². The van der Waals surface area contributed by atoms with Gasteiger partial charge in [0.2, 0.25) is 0 Å². The standard InChI is InChI=1S/C41H41N3.C7H10.C2H6/c1-7-11-14-20-30(5)37(42-29-31(19-9-3)21-12-8-2)28-32(10-4)44-39-25-18-17-23-34(39)36-27-26-35-33-22-15-13-16-24-38(33)43(6)40(35)41(36)44;1-3-5-7-6-4-2;1-2/h7,9-23,25-28H,1,3-4,8,24,29H2,2,5-6H3;3-7H,1H2,2H3;1-2H3/b14-11-,21-12-,30-20+,31-19+,32-28+,42-37?;6-4-,7-5-;. The zero-order valence-corrected chi connectivity index (χ0v) is 32.7. The van der Waals surface area contributed by atoms with Gasteiger partial charge >= 0.3 is 0 Å². The van der Waals surface area contributed by atoms with E-state index >= 15 is 0 Å². The van der Waals surface area contributed by atoms with E-state index in [4.69, 9.17) is 4.99 Å². The second kappa shape index (κ2) is 22.1. The van der Waals surface area contributed by atoms with E-state index in [9.17, 15) is 0 Å². The molecule has 0 bridgehead atoms. The van der Waals surface area contributed by atoms with Crippen LogP contribution in [0.25, 0.3) is 44.5 Å². The van der Waals surface area contributed by atoms with Crippen LogP contribution in [0.5, 0.6) is 0 Å². The zero-order chi connectivity index (χ0) is 38.6. The monoisotopic (exact) mass is 699 g/mol. The fourth-order valence-electron chi connectivity index (χ4n) is 6.19. The maximum absolute atomic E-state index is 5.14. The first-order chi connectivity index (χ1) is 25.9. The molecule has 5 rings (SSSR count). The lowest BCUT2D eigenvalue weighted by molar-refractivity contribution is 0.889. The summed E-state index contributed by atoms with van der Waals surface area (Å²) in [4.78, 5) is 5.14. The van der Waals surface area contributed by atoms with Crippen LogP contribution in [0.3, 0.4) is 0 Å². The molecule has 3 heteroatoms. The minimum absolute atomic E-state index is 0.539. The molecule has 4 aromatic rings. The van der Waals surface area contributed by atoms with Gasteiger partial charge in [-0.05, 0) is 49.6 Å². The SMILES string of the molecule is C=C/C=C\C=C(/C)C(/C=C(\C=C)n1c2ccccc2c2ccc3c4c(n(C)c3c21)CC=CC=C4)=NCC(/C=C\CC)=C/C=C.C=C/C=C\C=C/C.CC. The van der Waals surface area contributed by atoms with Crippen molar-refractivity contribution < 1.29 is 0 Å². The molecule has 0 spiro atoms. The molecule has 0 amide bonds. The maximum atomic E-state index is 5.14. The van der Waals surface area contributed by atoms with Gasteiger partial charge in [-0.1, -0.05) is 181 Å². The molecule has 2 aromatic heterocycles. The van der Waals surface area contributed by atoms with E-state index in [0.717, 1.165) is 40.9 Å². The summed E-state index contributed by atoms with van der Waals surface area (Å²) in [6.07, 6.45) is 40.1. The third-order valence-electron chi connectivity index (χ3n) is 8.60. The van der Waals surface area contributed by atoms with Gasteiger partial charge in [-0.2, -0.15) is 0 Å². The average molecular weight is 700 g/mol. The van der Waals surface area contributed by atoms with Gasteiger partial charge in [-0.3, -0.25) is 4.99 Å². The number of hydrogen-bond donors (Lipinski definition) is 0. The molecule has 0 radical (unpaired) electrons. The van der Waals surface area contributed by atoms with Gasteiger partial charge in [0.25, 0.3) is 0 Å². The number of nitrogens with zero attached hydrogens (tertiary/aromatic N) is 3. The maximum Gasteiger partial charge on any atom is 0.0785 e. The van der Waals surface area contributed by atoms with Crippen molar-refractivity contribution in [1.29, 1.82) is 0 Å². The van der Waals surface area contributed by atoms with E-state index < -0.39 is 0 Å². The summed E-state index contributed by atoms with van der Waals surface area (Å²) >= 11 is 0. The predicted molar refractivity (Wildman–Crippen MR) is 241 cm³/mol. The van der Waals surface area contributed by atoms with Crippen LogP contribution in [0, 0.1) is 0 Å². The van der Waals surface area contributed by atoms with Gasteiger partial charge in [-0.25, -0.2) is 0 Å². The quantitative estimate of drug-likeness (QED) is 0.0979. The van der Waals surface area contributed by atoms with Crippen LogP contribution >= 0.6 is 0 Å². The van der Waals surface area contributed by atoms with Gasteiger partial charge in [-0.15, -0.1) is 0 Å². The number of aliphatic imine (C=N–C) groups is 1. The Hall–Kier alpha value is -5.93. The minimum atomic E-state index is 0.539. The van der Waals surface area contributed by atoms with E-state index in [1.165, 1.54) is 38.4 Å². The van der Waals surface area contributed by atoms with Crippen molar-refractivity contribution >= 4 is 50.2 Å².